The van der Waals surface area contributed by atoms with Crippen LogP contribution in [0.4, 0.5) is 0 Å². The minimum Gasteiger partial charge on any atom is -1.00 e. The fourth-order valence-corrected chi connectivity index (χ4v) is 1.85. The molecule has 0 aliphatic heterocycles. The Labute approximate surface area is 78.7 Å². The van der Waals surface area contributed by atoms with E-state index in [1.807, 2.05) is 0 Å². The Hall–Kier alpha value is 1.03. The van der Waals surface area contributed by atoms with Crippen LogP contribution in [0.5, 0.6) is 0 Å². The molecular weight excluding hydrogens is 135 g/mol. The predicted molar refractivity (Wildman–Crippen MR) is 49.1 cm³/mol. The van der Waals surface area contributed by atoms with Gasteiger partial charge in [0.05, 0.1) is 0 Å². The summed E-state index contributed by atoms with van der Waals surface area (Å²) in [6.07, 6.45) is 6.03. The Kier molecular flexibility index (Phi) is 16.6. The SMILES string of the molecule is [H-].[Li+].[SiH3]CCCCCC[SiH3]. The van der Waals surface area contributed by atoms with Crippen molar-refractivity contribution in [2.45, 2.75) is 37.8 Å². The Morgan fingerprint density at radius 3 is 1.33 bits per heavy atom. The van der Waals surface area contributed by atoms with Crippen molar-refractivity contribution in [3.8, 4) is 0 Å². The second-order valence-electron chi connectivity index (χ2n) is 2.41. The molecule has 0 bridgehead atoms. The topological polar surface area (TPSA) is 0 Å². The summed E-state index contributed by atoms with van der Waals surface area (Å²) in [5.74, 6) is 0. The average Bonchev–Trinajstić information content (AvgIpc) is 1.81. The molecule has 0 aromatic carbocycles. The van der Waals surface area contributed by atoms with E-state index in [2.05, 4.69) is 0 Å². The van der Waals surface area contributed by atoms with Crippen molar-refractivity contribution < 1.29 is 20.3 Å². The molecule has 9 heavy (non-hydrogen) atoms. The maximum absolute atomic E-state index is 1.52. The van der Waals surface area contributed by atoms with Gasteiger partial charge in [0.15, 0.2) is 0 Å². The molecule has 3 heteroatoms. The third-order valence-corrected chi connectivity index (χ3v) is 2.87. The zero-order chi connectivity index (χ0) is 6.24. The summed E-state index contributed by atoms with van der Waals surface area (Å²) < 4.78 is 0. The van der Waals surface area contributed by atoms with E-state index in [1.54, 1.807) is 0 Å². The molecule has 0 saturated heterocycles. The van der Waals surface area contributed by atoms with Crippen LogP contribution >= 0.6 is 0 Å². The summed E-state index contributed by atoms with van der Waals surface area (Å²) in [5.41, 5.74) is 0. The van der Waals surface area contributed by atoms with E-state index in [-0.39, 0.29) is 20.3 Å². The average molecular weight is 154 g/mol. The van der Waals surface area contributed by atoms with Gasteiger partial charge >= 0.3 is 18.9 Å². The van der Waals surface area contributed by atoms with E-state index in [0.717, 1.165) is 0 Å². The van der Waals surface area contributed by atoms with Crippen molar-refractivity contribution in [1.82, 2.24) is 0 Å². The van der Waals surface area contributed by atoms with Crippen molar-refractivity contribution in [3.05, 3.63) is 0 Å². The Morgan fingerprint density at radius 2 is 1.11 bits per heavy atom. The predicted octanol–water partition coefficient (Wildman–Crippen LogP) is -2.77. The first-order valence-corrected chi connectivity index (χ1v) is 6.74. The Morgan fingerprint density at radius 1 is 0.778 bits per heavy atom. The van der Waals surface area contributed by atoms with Crippen LogP contribution in [0.1, 0.15) is 27.1 Å². The smallest absolute Gasteiger partial charge is 1.00 e. The van der Waals surface area contributed by atoms with Crippen LogP contribution in [0, 0.1) is 0 Å². The van der Waals surface area contributed by atoms with Crippen LogP contribution in [0.15, 0.2) is 0 Å². The molecule has 0 amide bonds. The van der Waals surface area contributed by atoms with Gasteiger partial charge in [0.1, 0.15) is 0 Å². The van der Waals surface area contributed by atoms with Crippen molar-refractivity contribution in [1.29, 1.82) is 0 Å². The summed E-state index contributed by atoms with van der Waals surface area (Å²) in [6, 6.07) is 3.03. The molecule has 0 atom stereocenters. The van der Waals surface area contributed by atoms with Gasteiger partial charge in [-0.3, -0.25) is 0 Å². The van der Waals surface area contributed by atoms with Crippen LogP contribution in [0.25, 0.3) is 0 Å². The van der Waals surface area contributed by atoms with E-state index in [1.165, 1.54) is 58.3 Å². The normalized spacial score (nSPS) is 9.33. The van der Waals surface area contributed by atoms with Gasteiger partial charge in [0.2, 0.25) is 0 Å². The minimum atomic E-state index is 0. The first-order valence-electron chi connectivity index (χ1n) is 3.91. The largest absolute Gasteiger partial charge is 1.00 e. The number of hydrogen-bond donors (Lipinski definition) is 0. The summed E-state index contributed by atoms with van der Waals surface area (Å²) >= 11 is 0. The molecule has 0 nitrogen and oxygen atoms in total. The molecule has 0 rings (SSSR count). The van der Waals surface area contributed by atoms with Gasteiger partial charge in [-0.05, 0) is 0 Å². The maximum Gasteiger partial charge on any atom is 1.00 e. The van der Waals surface area contributed by atoms with E-state index >= 15 is 0 Å². The number of rotatable bonds is 5. The monoisotopic (exact) mass is 154 g/mol. The van der Waals surface area contributed by atoms with E-state index < -0.39 is 0 Å². The second-order valence-corrected chi connectivity index (χ2v) is 4.41. The van der Waals surface area contributed by atoms with Crippen LogP contribution in [-0.2, 0) is 0 Å². The second kappa shape index (κ2) is 11.8. The zero-order valence-electron chi connectivity index (χ0n) is 8.24. The molecule has 0 fully saturated rings. The Bertz CT molecular complexity index is 40.7. The third kappa shape index (κ3) is 12.3. The van der Waals surface area contributed by atoms with Gasteiger partial charge in [-0.1, -0.05) is 37.8 Å². The number of hydrogen-bond acceptors (Lipinski definition) is 0. The van der Waals surface area contributed by atoms with Crippen molar-refractivity contribution >= 4 is 20.5 Å². The first-order chi connectivity index (χ1) is 3.91. The summed E-state index contributed by atoms with van der Waals surface area (Å²) in [5, 5.41) is 0. The van der Waals surface area contributed by atoms with Gasteiger partial charge in [-0.25, -0.2) is 0 Å². The molecule has 0 saturated carbocycles. The van der Waals surface area contributed by atoms with Crippen LogP contribution in [-0.4, -0.2) is 20.5 Å². The molecule has 52 valence electrons. The summed E-state index contributed by atoms with van der Waals surface area (Å²) in [6.45, 7) is 0. The van der Waals surface area contributed by atoms with Crippen LogP contribution in [0.2, 0.25) is 12.1 Å². The van der Waals surface area contributed by atoms with Gasteiger partial charge < -0.3 is 1.43 Å². The zero-order valence-corrected chi connectivity index (χ0v) is 11.2. The van der Waals surface area contributed by atoms with E-state index in [9.17, 15) is 0 Å². The van der Waals surface area contributed by atoms with Gasteiger partial charge in [0, 0.05) is 20.5 Å². The quantitative estimate of drug-likeness (QED) is 0.297. The first kappa shape index (κ1) is 12.7. The molecule has 0 aliphatic rings. The minimum absolute atomic E-state index is 0. The van der Waals surface area contributed by atoms with Crippen LogP contribution < -0.4 is 18.9 Å². The van der Waals surface area contributed by atoms with E-state index in [4.69, 9.17) is 0 Å². The molecule has 0 aliphatic carbocycles. The fourth-order valence-electron chi connectivity index (χ4n) is 0.854. The van der Waals surface area contributed by atoms with Gasteiger partial charge in [-0.15, -0.1) is 0 Å². The van der Waals surface area contributed by atoms with Crippen LogP contribution in [0.3, 0.4) is 0 Å². The van der Waals surface area contributed by atoms with Crippen molar-refractivity contribution in [2.75, 3.05) is 0 Å². The van der Waals surface area contributed by atoms with Crippen molar-refractivity contribution in [2.24, 2.45) is 0 Å². The van der Waals surface area contributed by atoms with Gasteiger partial charge in [0.25, 0.3) is 0 Å². The standard InChI is InChI=1S/C6H18Si2.Li.H/c7-5-3-1-2-4-6-8;;/h1-6H2,7-8H3;;/q;+1;-1. The van der Waals surface area contributed by atoms with Gasteiger partial charge in [-0.2, -0.15) is 0 Å². The molecular formula is C6H19LiSi2. The maximum atomic E-state index is 1.52. The molecule has 0 aromatic rings. The molecule has 0 heterocycles. The fraction of sp³-hybridized carbons (Fsp3) is 1.00. The van der Waals surface area contributed by atoms with E-state index in [0.29, 0.717) is 0 Å². The summed E-state index contributed by atoms with van der Waals surface area (Å²) in [7, 11) is 2.83. The summed E-state index contributed by atoms with van der Waals surface area (Å²) in [4.78, 5) is 0. The molecule has 0 N–H and O–H groups in total. The number of unbranched alkanes of at least 4 members (excludes halogenated alkanes) is 3. The van der Waals surface area contributed by atoms with Crippen molar-refractivity contribution in [3.63, 3.8) is 0 Å². The Balaban J connectivity index is -0.000000245. The third-order valence-electron chi connectivity index (χ3n) is 1.46. The molecule has 0 unspecified atom stereocenters. The molecule has 0 radical (unpaired) electrons. The molecule has 0 aromatic heterocycles. The molecule has 0 spiro atoms.